The SMILES string of the molecule is O=C(CCBr)c1ccc(F)c([N+](=O)[O-])c1. The van der Waals surface area contributed by atoms with Crippen LogP contribution in [0.4, 0.5) is 10.1 Å². The van der Waals surface area contributed by atoms with Crippen LogP contribution in [-0.2, 0) is 0 Å². The van der Waals surface area contributed by atoms with E-state index in [0.29, 0.717) is 5.33 Å². The Balaban J connectivity index is 3.07. The average molecular weight is 276 g/mol. The normalized spacial score (nSPS) is 10.0. The highest BCUT2D eigenvalue weighted by atomic mass is 79.9. The van der Waals surface area contributed by atoms with Crippen LogP contribution >= 0.6 is 15.9 Å². The molecule has 0 heterocycles. The van der Waals surface area contributed by atoms with Crippen molar-refractivity contribution < 1.29 is 14.1 Å². The predicted octanol–water partition coefficient (Wildman–Crippen LogP) is 2.70. The zero-order valence-corrected chi connectivity index (χ0v) is 9.16. The van der Waals surface area contributed by atoms with Crippen LogP contribution < -0.4 is 0 Å². The third kappa shape index (κ3) is 2.82. The largest absolute Gasteiger partial charge is 0.305 e. The molecule has 0 bridgehead atoms. The fourth-order valence-electron chi connectivity index (χ4n) is 1.06. The zero-order chi connectivity index (χ0) is 11.4. The minimum absolute atomic E-state index is 0.155. The molecule has 1 rings (SSSR count). The van der Waals surface area contributed by atoms with Crippen molar-refractivity contribution in [3.63, 3.8) is 0 Å². The Bertz CT molecular complexity index is 408. The molecule has 6 heteroatoms. The van der Waals surface area contributed by atoms with Crippen molar-refractivity contribution in [3.05, 3.63) is 39.7 Å². The number of carbonyl (C=O) groups is 1. The van der Waals surface area contributed by atoms with Crippen LogP contribution in [0.25, 0.3) is 0 Å². The summed E-state index contributed by atoms with van der Waals surface area (Å²) < 4.78 is 12.9. The number of nitro benzene ring substituents is 1. The van der Waals surface area contributed by atoms with Crippen LogP contribution in [0.3, 0.4) is 0 Å². The fourth-order valence-corrected chi connectivity index (χ4v) is 1.42. The molecule has 0 saturated heterocycles. The Morgan fingerprint density at radius 1 is 1.53 bits per heavy atom. The molecule has 0 saturated carbocycles. The van der Waals surface area contributed by atoms with E-state index in [1.165, 1.54) is 6.07 Å². The van der Waals surface area contributed by atoms with Crippen molar-refractivity contribution in [1.29, 1.82) is 0 Å². The summed E-state index contributed by atoms with van der Waals surface area (Å²) in [5, 5.41) is 10.9. The quantitative estimate of drug-likeness (QED) is 0.367. The Labute approximate surface area is 93.4 Å². The van der Waals surface area contributed by atoms with Gasteiger partial charge in [-0.05, 0) is 12.1 Å². The van der Waals surface area contributed by atoms with Gasteiger partial charge in [0.05, 0.1) is 4.92 Å². The van der Waals surface area contributed by atoms with E-state index in [1.54, 1.807) is 0 Å². The van der Waals surface area contributed by atoms with Crippen LogP contribution in [0.1, 0.15) is 16.8 Å². The van der Waals surface area contributed by atoms with E-state index in [9.17, 15) is 19.3 Å². The number of carbonyl (C=O) groups excluding carboxylic acids is 1. The van der Waals surface area contributed by atoms with Crippen molar-refractivity contribution in [3.8, 4) is 0 Å². The second-order valence-corrected chi connectivity index (χ2v) is 3.58. The van der Waals surface area contributed by atoms with E-state index >= 15 is 0 Å². The lowest BCUT2D eigenvalue weighted by Crippen LogP contribution is -2.02. The lowest BCUT2D eigenvalue weighted by Gasteiger charge is -1.99. The number of hydrogen-bond donors (Lipinski definition) is 0. The van der Waals surface area contributed by atoms with E-state index in [2.05, 4.69) is 15.9 Å². The first-order valence-electron chi connectivity index (χ1n) is 4.09. The Hall–Kier alpha value is -1.30. The van der Waals surface area contributed by atoms with Gasteiger partial charge < -0.3 is 0 Å². The standard InChI is InChI=1S/C9H7BrFNO3/c10-4-3-9(13)6-1-2-7(11)8(5-6)12(14)15/h1-2,5H,3-4H2. The number of Topliss-reactive ketones (excluding diaryl/α,β-unsaturated/α-hetero) is 1. The van der Waals surface area contributed by atoms with Crippen molar-refractivity contribution >= 4 is 27.4 Å². The summed E-state index contributed by atoms with van der Waals surface area (Å²) in [7, 11) is 0. The van der Waals surface area contributed by atoms with Crippen molar-refractivity contribution in [2.75, 3.05) is 5.33 Å². The Kier molecular flexibility index (Phi) is 3.90. The highest BCUT2D eigenvalue weighted by molar-refractivity contribution is 9.09. The molecule has 0 aliphatic rings. The maximum atomic E-state index is 12.9. The summed E-state index contributed by atoms with van der Waals surface area (Å²) >= 11 is 3.08. The smallest absolute Gasteiger partial charge is 0.294 e. The number of nitro groups is 1. The van der Waals surface area contributed by atoms with Crippen molar-refractivity contribution in [1.82, 2.24) is 0 Å². The van der Waals surface area contributed by atoms with Gasteiger partial charge in [0.25, 0.3) is 0 Å². The fraction of sp³-hybridized carbons (Fsp3) is 0.222. The molecule has 15 heavy (non-hydrogen) atoms. The molecule has 0 fully saturated rings. The molecule has 0 unspecified atom stereocenters. The summed E-state index contributed by atoms with van der Waals surface area (Å²) in [6.07, 6.45) is 0.225. The van der Waals surface area contributed by atoms with Gasteiger partial charge in [0.1, 0.15) is 0 Å². The minimum atomic E-state index is -0.935. The first-order valence-corrected chi connectivity index (χ1v) is 5.21. The second kappa shape index (κ2) is 4.97. The molecular weight excluding hydrogens is 269 g/mol. The van der Waals surface area contributed by atoms with E-state index in [-0.39, 0.29) is 17.8 Å². The van der Waals surface area contributed by atoms with Crippen LogP contribution in [0, 0.1) is 15.9 Å². The summed E-state index contributed by atoms with van der Waals surface area (Å²) in [4.78, 5) is 20.9. The number of benzene rings is 1. The number of ketones is 1. The summed E-state index contributed by atoms with van der Waals surface area (Å²) in [5.74, 6) is -1.19. The molecule has 1 aromatic rings. The Morgan fingerprint density at radius 3 is 2.73 bits per heavy atom. The van der Waals surface area contributed by atoms with Gasteiger partial charge in [-0.15, -0.1) is 0 Å². The summed E-state index contributed by atoms with van der Waals surface area (Å²) in [6.45, 7) is 0. The van der Waals surface area contributed by atoms with Gasteiger partial charge in [0, 0.05) is 23.4 Å². The highest BCUT2D eigenvalue weighted by Crippen LogP contribution is 2.19. The second-order valence-electron chi connectivity index (χ2n) is 2.79. The topological polar surface area (TPSA) is 60.2 Å². The van der Waals surface area contributed by atoms with Crippen LogP contribution in [0.2, 0.25) is 0 Å². The summed E-state index contributed by atoms with van der Waals surface area (Å²) in [6, 6.07) is 3.13. The lowest BCUT2D eigenvalue weighted by molar-refractivity contribution is -0.387. The highest BCUT2D eigenvalue weighted by Gasteiger charge is 2.16. The molecule has 0 spiro atoms. The molecule has 0 N–H and O–H groups in total. The molecule has 0 aliphatic carbocycles. The van der Waals surface area contributed by atoms with E-state index < -0.39 is 16.4 Å². The first kappa shape index (κ1) is 11.8. The molecule has 0 aliphatic heterocycles. The molecule has 1 aromatic carbocycles. The van der Waals surface area contributed by atoms with E-state index in [0.717, 1.165) is 12.1 Å². The number of nitrogens with zero attached hydrogens (tertiary/aromatic N) is 1. The predicted molar refractivity (Wildman–Crippen MR) is 55.8 cm³/mol. The van der Waals surface area contributed by atoms with Crippen LogP contribution in [-0.4, -0.2) is 16.0 Å². The molecule has 0 radical (unpaired) electrons. The first-order chi connectivity index (χ1) is 7.06. The Morgan fingerprint density at radius 2 is 2.20 bits per heavy atom. The van der Waals surface area contributed by atoms with Gasteiger partial charge in [-0.3, -0.25) is 14.9 Å². The molecule has 80 valence electrons. The third-order valence-corrected chi connectivity index (χ3v) is 2.18. The minimum Gasteiger partial charge on any atom is -0.294 e. The van der Waals surface area contributed by atoms with E-state index in [4.69, 9.17) is 0 Å². The van der Waals surface area contributed by atoms with Crippen LogP contribution in [0.5, 0.6) is 0 Å². The van der Waals surface area contributed by atoms with E-state index in [1.807, 2.05) is 0 Å². The molecule has 0 atom stereocenters. The van der Waals surface area contributed by atoms with Gasteiger partial charge in [0.15, 0.2) is 5.78 Å². The average Bonchev–Trinajstić information content (AvgIpc) is 2.18. The van der Waals surface area contributed by atoms with Gasteiger partial charge in [0.2, 0.25) is 5.82 Å². The van der Waals surface area contributed by atoms with Gasteiger partial charge in [-0.2, -0.15) is 4.39 Å². The zero-order valence-electron chi connectivity index (χ0n) is 7.57. The maximum Gasteiger partial charge on any atom is 0.305 e. The van der Waals surface area contributed by atoms with Gasteiger partial charge in [-0.1, -0.05) is 15.9 Å². The molecule has 0 aromatic heterocycles. The lowest BCUT2D eigenvalue weighted by atomic mass is 10.1. The molecule has 4 nitrogen and oxygen atoms in total. The molecular formula is C9H7BrFNO3. The van der Waals surface area contributed by atoms with Gasteiger partial charge >= 0.3 is 5.69 Å². The number of alkyl halides is 1. The molecule has 0 amide bonds. The van der Waals surface area contributed by atoms with Crippen molar-refractivity contribution in [2.24, 2.45) is 0 Å². The van der Waals surface area contributed by atoms with Gasteiger partial charge in [-0.25, -0.2) is 0 Å². The van der Waals surface area contributed by atoms with Crippen LogP contribution in [0.15, 0.2) is 18.2 Å². The number of halogens is 2. The summed E-state index contributed by atoms with van der Waals surface area (Å²) in [5.41, 5.74) is -0.516. The number of hydrogen-bond acceptors (Lipinski definition) is 3. The third-order valence-electron chi connectivity index (χ3n) is 1.79. The monoisotopic (exact) mass is 275 g/mol. The maximum absolute atomic E-state index is 12.9. The number of rotatable bonds is 4. The van der Waals surface area contributed by atoms with Crippen molar-refractivity contribution in [2.45, 2.75) is 6.42 Å².